The Balaban J connectivity index is 1.69. The van der Waals surface area contributed by atoms with E-state index in [-0.39, 0.29) is 29.2 Å². The standard InChI is InChI=1S/C15H15I2N3O5S/c1-15(2)11(14(24)25)20-12(23)9(13(20)26-15)18-8(21)5-19-3-6(16)10(22)7(17)4-19/h3-4,9,11,13H,5H2,1-2H3,(H,18,21)(H,24,25)/t9?,11-,13+/m0/s1. The fourth-order valence-electron chi connectivity index (χ4n) is 3.18. The summed E-state index contributed by atoms with van der Waals surface area (Å²) in [5.74, 6) is -1.78. The Bertz CT molecular complexity index is 845. The molecule has 2 saturated heterocycles. The van der Waals surface area contributed by atoms with Crippen LogP contribution in [0.2, 0.25) is 0 Å². The van der Waals surface area contributed by atoms with Gasteiger partial charge < -0.3 is 19.9 Å². The molecule has 2 amide bonds. The first-order valence-corrected chi connectivity index (χ1v) is 10.6. The number of rotatable bonds is 4. The maximum absolute atomic E-state index is 12.4. The van der Waals surface area contributed by atoms with Gasteiger partial charge in [-0.05, 0) is 59.0 Å². The van der Waals surface area contributed by atoms with Gasteiger partial charge in [-0.1, -0.05) is 0 Å². The number of β-lactam (4-membered cyclic amide) rings is 1. The van der Waals surface area contributed by atoms with Crippen LogP contribution in [-0.4, -0.2) is 54.6 Å². The second-order valence-corrected chi connectivity index (χ2v) is 10.7. The molecule has 0 spiro atoms. The topological polar surface area (TPSA) is 109 Å². The van der Waals surface area contributed by atoms with E-state index < -0.39 is 22.8 Å². The van der Waals surface area contributed by atoms with Gasteiger partial charge in [-0.25, -0.2) is 4.79 Å². The van der Waals surface area contributed by atoms with Crippen molar-refractivity contribution in [1.82, 2.24) is 14.8 Å². The van der Waals surface area contributed by atoms with Crippen LogP contribution in [0.15, 0.2) is 17.2 Å². The number of carboxylic acids is 1. The van der Waals surface area contributed by atoms with E-state index in [0.29, 0.717) is 7.14 Å². The Labute approximate surface area is 180 Å². The SMILES string of the molecule is CC1(C)S[C@@H]2C(NC(=O)Cn3cc(I)c(=O)c(I)c3)C(=O)N2[C@H]1C(=O)O. The Kier molecular flexibility index (Phi) is 5.33. The van der Waals surface area contributed by atoms with E-state index in [1.165, 1.54) is 16.7 Å². The fraction of sp³-hybridized carbons (Fsp3) is 0.467. The lowest BCUT2D eigenvalue weighted by Gasteiger charge is -2.43. The van der Waals surface area contributed by atoms with E-state index in [4.69, 9.17) is 0 Å². The van der Waals surface area contributed by atoms with Crippen molar-refractivity contribution in [2.75, 3.05) is 0 Å². The molecule has 3 rings (SSSR count). The summed E-state index contributed by atoms with van der Waals surface area (Å²) in [4.78, 5) is 49.2. The second-order valence-electron chi connectivity index (χ2n) is 6.60. The molecule has 2 N–H and O–H groups in total. The van der Waals surface area contributed by atoms with Crippen LogP contribution in [0, 0.1) is 7.14 Å². The number of nitrogens with zero attached hydrogens (tertiary/aromatic N) is 2. The van der Waals surface area contributed by atoms with Crippen molar-refractivity contribution in [3.05, 3.63) is 29.8 Å². The van der Waals surface area contributed by atoms with Crippen LogP contribution in [-0.2, 0) is 20.9 Å². The third-order valence-corrected chi connectivity index (χ3v) is 7.42. The number of carbonyl (C=O) groups is 3. The van der Waals surface area contributed by atoms with Crippen molar-refractivity contribution in [1.29, 1.82) is 0 Å². The first-order valence-electron chi connectivity index (χ1n) is 7.60. The highest BCUT2D eigenvalue weighted by Gasteiger charge is 2.64. The molecule has 11 heteroatoms. The molecule has 8 nitrogen and oxygen atoms in total. The molecule has 2 fully saturated rings. The van der Waals surface area contributed by atoms with Crippen molar-refractivity contribution in [2.24, 2.45) is 0 Å². The zero-order valence-corrected chi connectivity index (χ0v) is 18.9. The predicted molar refractivity (Wildman–Crippen MR) is 112 cm³/mol. The van der Waals surface area contributed by atoms with Gasteiger partial charge in [-0.3, -0.25) is 14.4 Å². The maximum Gasteiger partial charge on any atom is 0.327 e. The van der Waals surface area contributed by atoms with Gasteiger partial charge in [0.2, 0.25) is 17.2 Å². The van der Waals surface area contributed by atoms with Crippen molar-refractivity contribution in [3.8, 4) is 0 Å². The number of carboxylic acid groups (broad SMARTS) is 1. The highest BCUT2D eigenvalue weighted by atomic mass is 127. The number of carbonyl (C=O) groups excluding carboxylic acids is 2. The molecule has 0 bridgehead atoms. The Morgan fingerprint density at radius 3 is 2.38 bits per heavy atom. The summed E-state index contributed by atoms with van der Waals surface area (Å²) < 4.78 is 1.97. The maximum atomic E-state index is 12.4. The number of hydrogen-bond donors (Lipinski definition) is 2. The number of amides is 2. The van der Waals surface area contributed by atoms with E-state index in [0.717, 1.165) is 0 Å². The highest BCUT2D eigenvalue weighted by Crippen LogP contribution is 2.50. The Morgan fingerprint density at radius 2 is 1.85 bits per heavy atom. The van der Waals surface area contributed by atoms with Crippen LogP contribution in [0.3, 0.4) is 0 Å². The molecule has 0 aliphatic carbocycles. The van der Waals surface area contributed by atoms with Crippen LogP contribution in [0.25, 0.3) is 0 Å². The smallest absolute Gasteiger partial charge is 0.327 e. The number of pyridine rings is 1. The van der Waals surface area contributed by atoms with Crippen LogP contribution in [0.1, 0.15) is 13.8 Å². The molecule has 0 saturated carbocycles. The summed E-state index contributed by atoms with van der Waals surface area (Å²) in [6.07, 6.45) is 3.15. The first kappa shape index (κ1) is 19.9. The van der Waals surface area contributed by atoms with E-state index in [9.17, 15) is 24.3 Å². The average Bonchev–Trinajstić information content (AvgIpc) is 2.78. The average molecular weight is 603 g/mol. The summed E-state index contributed by atoms with van der Waals surface area (Å²) in [5, 5.41) is 11.7. The van der Waals surface area contributed by atoms with E-state index >= 15 is 0 Å². The molecular weight excluding hydrogens is 588 g/mol. The number of hydrogen-bond acceptors (Lipinski definition) is 5. The zero-order chi connectivity index (χ0) is 19.4. The lowest BCUT2D eigenvalue weighted by Crippen LogP contribution is -2.70. The van der Waals surface area contributed by atoms with Crippen LogP contribution in [0.5, 0.6) is 0 Å². The number of nitrogens with one attached hydrogen (secondary N) is 1. The molecular formula is C15H15I2N3O5S. The summed E-state index contributed by atoms with van der Waals surface area (Å²) >= 11 is 5.20. The van der Waals surface area contributed by atoms with Gasteiger partial charge in [0.05, 0.1) is 7.14 Å². The molecule has 2 aliphatic heterocycles. The van der Waals surface area contributed by atoms with Crippen molar-refractivity contribution in [3.63, 3.8) is 0 Å². The lowest BCUT2D eigenvalue weighted by molar-refractivity contribution is -0.161. The monoisotopic (exact) mass is 603 g/mol. The van der Waals surface area contributed by atoms with E-state index in [1.54, 1.807) is 30.8 Å². The van der Waals surface area contributed by atoms with Crippen LogP contribution >= 0.6 is 56.9 Å². The number of thioether (sulfide) groups is 1. The predicted octanol–water partition coefficient (Wildman–Crippen LogP) is 0.689. The lowest BCUT2D eigenvalue weighted by atomic mass is 9.96. The summed E-state index contributed by atoms with van der Waals surface area (Å²) in [7, 11) is 0. The number of aromatic nitrogens is 1. The zero-order valence-electron chi connectivity index (χ0n) is 13.7. The number of aliphatic carboxylic acids is 1. The largest absolute Gasteiger partial charge is 0.480 e. The molecule has 1 unspecified atom stereocenters. The van der Waals surface area contributed by atoms with Crippen molar-refractivity contribution in [2.45, 2.75) is 42.6 Å². The molecule has 1 aromatic heterocycles. The molecule has 3 atom stereocenters. The quantitative estimate of drug-likeness (QED) is 0.388. The Morgan fingerprint density at radius 1 is 1.27 bits per heavy atom. The van der Waals surface area contributed by atoms with Gasteiger partial charge in [0.15, 0.2) is 0 Å². The van der Waals surface area contributed by atoms with Crippen molar-refractivity contribution >= 4 is 74.7 Å². The van der Waals surface area contributed by atoms with Gasteiger partial charge >= 0.3 is 5.97 Å². The summed E-state index contributed by atoms with van der Waals surface area (Å²) in [5.41, 5.74) is -0.0861. The first-order chi connectivity index (χ1) is 12.0. The summed E-state index contributed by atoms with van der Waals surface area (Å²) in [6, 6.07) is -1.63. The van der Waals surface area contributed by atoms with Crippen LogP contribution in [0.4, 0.5) is 0 Å². The molecule has 0 radical (unpaired) electrons. The van der Waals surface area contributed by atoms with Gasteiger partial charge in [-0.15, -0.1) is 11.8 Å². The van der Waals surface area contributed by atoms with Gasteiger partial charge in [0.1, 0.15) is 24.0 Å². The number of halogens is 2. The molecule has 0 aromatic carbocycles. The van der Waals surface area contributed by atoms with Gasteiger partial charge in [0, 0.05) is 17.1 Å². The van der Waals surface area contributed by atoms with E-state index in [2.05, 4.69) is 5.32 Å². The minimum atomic E-state index is -1.04. The number of fused-ring (bicyclic) bond motifs is 1. The third-order valence-electron chi connectivity index (χ3n) is 4.31. The van der Waals surface area contributed by atoms with Gasteiger partial charge in [-0.2, -0.15) is 0 Å². The Hall–Kier alpha value is -0.830. The van der Waals surface area contributed by atoms with Gasteiger partial charge in [0.25, 0.3) is 0 Å². The summed E-state index contributed by atoms with van der Waals surface area (Å²) in [6.45, 7) is 3.54. The molecule has 1 aromatic rings. The molecule has 140 valence electrons. The highest BCUT2D eigenvalue weighted by molar-refractivity contribution is 14.1. The molecule has 2 aliphatic rings. The molecule has 3 heterocycles. The molecule has 26 heavy (non-hydrogen) atoms. The fourth-order valence-corrected chi connectivity index (χ4v) is 6.62. The normalized spacial score (nSPS) is 26.2. The minimum absolute atomic E-state index is 0.0286. The van der Waals surface area contributed by atoms with E-state index in [1.807, 2.05) is 45.2 Å². The third kappa shape index (κ3) is 3.37. The second kappa shape index (κ2) is 6.96. The van der Waals surface area contributed by atoms with Crippen LogP contribution < -0.4 is 10.7 Å². The minimum Gasteiger partial charge on any atom is -0.480 e. The van der Waals surface area contributed by atoms with Crippen molar-refractivity contribution < 1.29 is 19.5 Å².